The van der Waals surface area contributed by atoms with Crippen LogP contribution in [0.3, 0.4) is 0 Å². The predicted molar refractivity (Wildman–Crippen MR) is 105 cm³/mol. The molecule has 0 aliphatic heterocycles. The molecule has 0 heterocycles. The molecule has 0 bridgehead atoms. The summed E-state index contributed by atoms with van der Waals surface area (Å²) < 4.78 is 0. The normalized spacial score (nSPS) is 12.0. The largest absolute Gasteiger partial charge is 0.383 e. The minimum absolute atomic E-state index is 0.521. The Kier molecular flexibility index (Phi) is 11.2. The van der Waals surface area contributed by atoms with Gasteiger partial charge in [-0.1, -0.05) is 38.8 Å². The number of hydrogen-bond donors (Lipinski definition) is 3. The van der Waals surface area contributed by atoms with E-state index in [1.165, 1.54) is 12.0 Å². The number of rotatable bonds is 12. The Morgan fingerprint density at radius 2 is 1.54 bits per heavy atom. The van der Waals surface area contributed by atoms with Crippen LogP contribution in [-0.4, -0.2) is 26.2 Å². The Hall–Kier alpha value is -1.39. The Morgan fingerprint density at radius 3 is 2.21 bits per heavy atom. The van der Waals surface area contributed by atoms with Crippen LogP contribution in [0.4, 0.5) is 5.69 Å². The summed E-state index contributed by atoms with van der Waals surface area (Å²) in [5, 5.41) is 4.62. The van der Waals surface area contributed by atoms with Gasteiger partial charge in [0.05, 0.1) is 11.0 Å². The first-order valence-corrected chi connectivity index (χ1v) is 9.47. The van der Waals surface area contributed by atoms with Crippen molar-refractivity contribution in [2.45, 2.75) is 58.3 Å². The summed E-state index contributed by atoms with van der Waals surface area (Å²) in [7, 11) is 0. The van der Waals surface area contributed by atoms with Gasteiger partial charge in [0.1, 0.15) is 0 Å². The van der Waals surface area contributed by atoms with Gasteiger partial charge >= 0.3 is 0 Å². The van der Waals surface area contributed by atoms with Gasteiger partial charge in [-0.3, -0.25) is 4.99 Å². The van der Waals surface area contributed by atoms with E-state index in [0.29, 0.717) is 5.92 Å². The van der Waals surface area contributed by atoms with Crippen LogP contribution in [-0.2, 0) is 0 Å². The molecule has 0 fully saturated rings. The molecule has 0 radical (unpaired) electrons. The van der Waals surface area contributed by atoms with Crippen LogP contribution in [0.15, 0.2) is 29.3 Å². The van der Waals surface area contributed by atoms with E-state index in [4.69, 9.17) is 16.5 Å². The van der Waals surface area contributed by atoms with Crippen LogP contribution in [0.2, 0.25) is 0 Å². The SMILES string of the molecule is CC(C)c1ccc(NCCCCCN)c(=NCCCCCN)cc1. The lowest BCUT2D eigenvalue weighted by atomic mass is 10.1. The summed E-state index contributed by atoms with van der Waals surface area (Å²) in [5.74, 6) is 0.521. The molecule has 24 heavy (non-hydrogen) atoms. The lowest BCUT2D eigenvalue weighted by molar-refractivity contribution is 0.690. The topological polar surface area (TPSA) is 76.4 Å². The third kappa shape index (κ3) is 8.46. The van der Waals surface area contributed by atoms with Crippen LogP contribution in [0.1, 0.15) is 63.9 Å². The highest BCUT2D eigenvalue weighted by atomic mass is 14.9. The summed E-state index contributed by atoms with van der Waals surface area (Å²) >= 11 is 0. The number of anilines is 1. The van der Waals surface area contributed by atoms with Crippen LogP contribution in [0.25, 0.3) is 0 Å². The Balaban J connectivity index is 2.79. The van der Waals surface area contributed by atoms with Crippen molar-refractivity contribution >= 4 is 5.69 Å². The van der Waals surface area contributed by atoms with Crippen molar-refractivity contribution in [1.82, 2.24) is 0 Å². The molecule has 0 atom stereocenters. The molecule has 0 aliphatic rings. The first kappa shape index (κ1) is 20.7. The summed E-state index contributed by atoms with van der Waals surface area (Å²) in [6, 6.07) is 8.74. The third-order valence-corrected chi connectivity index (χ3v) is 4.16. The Bertz CT molecular complexity index is 511. The van der Waals surface area contributed by atoms with Gasteiger partial charge in [0, 0.05) is 13.1 Å². The smallest absolute Gasteiger partial charge is 0.0805 e. The second kappa shape index (κ2) is 13.0. The van der Waals surface area contributed by atoms with Crippen molar-refractivity contribution in [3.05, 3.63) is 35.2 Å². The van der Waals surface area contributed by atoms with Crippen molar-refractivity contribution in [1.29, 1.82) is 0 Å². The fourth-order valence-electron chi connectivity index (χ4n) is 2.56. The molecule has 1 aromatic carbocycles. The predicted octanol–water partition coefficient (Wildman–Crippen LogP) is 3.38. The van der Waals surface area contributed by atoms with E-state index in [9.17, 15) is 0 Å². The minimum atomic E-state index is 0.521. The maximum absolute atomic E-state index is 5.55. The maximum Gasteiger partial charge on any atom is 0.0805 e. The fraction of sp³-hybridized carbons (Fsp3) is 0.650. The van der Waals surface area contributed by atoms with E-state index in [0.717, 1.165) is 69.3 Å². The molecule has 4 nitrogen and oxygen atoms in total. The van der Waals surface area contributed by atoms with Gasteiger partial charge in [0.15, 0.2) is 0 Å². The van der Waals surface area contributed by atoms with E-state index in [-0.39, 0.29) is 0 Å². The molecule has 0 amide bonds. The van der Waals surface area contributed by atoms with E-state index in [2.05, 4.69) is 43.4 Å². The average molecular weight is 333 g/mol. The highest BCUT2D eigenvalue weighted by Gasteiger charge is 2.00. The lowest BCUT2D eigenvalue weighted by Crippen LogP contribution is -2.12. The van der Waals surface area contributed by atoms with Crippen molar-refractivity contribution in [2.75, 3.05) is 31.5 Å². The van der Waals surface area contributed by atoms with Gasteiger partial charge in [-0.05, 0) is 62.4 Å². The number of nitrogens with two attached hydrogens (primary N) is 2. The Labute approximate surface area is 147 Å². The Morgan fingerprint density at radius 1 is 0.875 bits per heavy atom. The quantitative estimate of drug-likeness (QED) is 0.514. The van der Waals surface area contributed by atoms with E-state index in [1.807, 2.05) is 0 Å². The zero-order valence-electron chi connectivity index (χ0n) is 15.6. The van der Waals surface area contributed by atoms with Gasteiger partial charge in [0.25, 0.3) is 0 Å². The molecular formula is C20H36N4. The summed E-state index contributed by atoms with van der Waals surface area (Å²) in [4.78, 5) is 4.81. The molecule has 0 saturated heterocycles. The summed E-state index contributed by atoms with van der Waals surface area (Å²) in [6.45, 7) is 7.83. The highest BCUT2D eigenvalue weighted by Crippen LogP contribution is 2.13. The maximum atomic E-state index is 5.55. The molecule has 0 spiro atoms. The standard InChI is InChI=1S/C20H36N4/c1-17(2)18-9-11-19(23-15-7-3-5-13-21)20(12-10-18)24-16-8-4-6-14-22/h9-12,17H,3-8,13-16,21-22H2,1-2H3,(H,23,24). The van der Waals surface area contributed by atoms with Crippen LogP contribution in [0.5, 0.6) is 0 Å². The monoisotopic (exact) mass is 332 g/mol. The first-order chi connectivity index (χ1) is 11.7. The molecule has 5 N–H and O–H groups in total. The molecule has 0 aliphatic carbocycles. The van der Waals surface area contributed by atoms with Crippen LogP contribution < -0.4 is 22.1 Å². The zero-order valence-corrected chi connectivity index (χ0v) is 15.6. The number of nitrogens with one attached hydrogen (secondary N) is 1. The van der Waals surface area contributed by atoms with Crippen molar-refractivity contribution in [3.63, 3.8) is 0 Å². The molecular weight excluding hydrogens is 296 g/mol. The van der Waals surface area contributed by atoms with E-state index < -0.39 is 0 Å². The van der Waals surface area contributed by atoms with Crippen LogP contribution >= 0.6 is 0 Å². The molecule has 1 rings (SSSR count). The number of unbranched alkanes of at least 4 members (excludes halogenated alkanes) is 4. The molecule has 4 heteroatoms. The van der Waals surface area contributed by atoms with E-state index in [1.54, 1.807) is 0 Å². The second-order valence-corrected chi connectivity index (χ2v) is 6.63. The molecule has 1 aromatic rings. The molecule has 136 valence electrons. The van der Waals surface area contributed by atoms with Gasteiger partial charge in [-0.15, -0.1) is 0 Å². The zero-order chi connectivity index (χ0) is 17.6. The second-order valence-electron chi connectivity index (χ2n) is 6.63. The number of nitrogens with zero attached hydrogens (tertiary/aromatic N) is 1. The molecule has 0 aromatic heterocycles. The fourth-order valence-corrected chi connectivity index (χ4v) is 2.56. The average Bonchev–Trinajstić information content (AvgIpc) is 2.77. The van der Waals surface area contributed by atoms with Crippen molar-refractivity contribution in [2.24, 2.45) is 16.5 Å². The highest BCUT2D eigenvalue weighted by molar-refractivity contribution is 5.43. The minimum Gasteiger partial charge on any atom is -0.383 e. The van der Waals surface area contributed by atoms with Crippen LogP contribution in [0, 0.1) is 0 Å². The van der Waals surface area contributed by atoms with Gasteiger partial charge < -0.3 is 16.8 Å². The number of hydrogen-bond acceptors (Lipinski definition) is 4. The first-order valence-electron chi connectivity index (χ1n) is 9.47. The molecule has 0 saturated carbocycles. The van der Waals surface area contributed by atoms with Crippen molar-refractivity contribution < 1.29 is 0 Å². The van der Waals surface area contributed by atoms with Gasteiger partial charge in [-0.25, -0.2) is 0 Å². The van der Waals surface area contributed by atoms with Gasteiger partial charge in [0.2, 0.25) is 0 Å². The third-order valence-electron chi connectivity index (χ3n) is 4.16. The molecule has 0 unspecified atom stereocenters. The summed E-state index contributed by atoms with van der Waals surface area (Å²) in [5.41, 5.74) is 13.6. The van der Waals surface area contributed by atoms with E-state index >= 15 is 0 Å². The summed E-state index contributed by atoms with van der Waals surface area (Å²) in [6.07, 6.45) is 6.75. The van der Waals surface area contributed by atoms with Crippen molar-refractivity contribution in [3.8, 4) is 0 Å². The van der Waals surface area contributed by atoms with Gasteiger partial charge in [-0.2, -0.15) is 0 Å². The lowest BCUT2D eigenvalue weighted by Gasteiger charge is -2.05.